The largest absolute Gasteiger partial charge is 0.396 e. The molecule has 0 aromatic rings. The molecule has 32 heavy (non-hydrogen) atoms. The molecule has 2 nitrogen and oxygen atoms in total. The van der Waals surface area contributed by atoms with Crippen molar-refractivity contribution in [1.82, 2.24) is 0 Å². The monoisotopic (exact) mass is 442 g/mol. The van der Waals surface area contributed by atoms with Gasteiger partial charge in [0.1, 0.15) is 0 Å². The minimum Gasteiger partial charge on any atom is -0.396 e. The first-order valence-electron chi connectivity index (χ1n) is 13.7. The Morgan fingerprint density at radius 2 is 1.75 bits per heavy atom. The van der Waals surface area contributed by atoms with E-state index in [-0.39, 0.29) is 23.4 Å². The fourth-order valence-corrected chi connectivity index (χ4v) is 9.16. The van der Waals surface area contributed by atoms with Gasteiger partial charge in [0.15, 0.2) is 0 Å². The van der Waals surface area contributed by atoms with Crippen molar-refractivity contribution in [2.45, 2.75) is 112 Å². The zero-order valence-electron chi connectivity index (χ0n) is 22.0. The summed E-state index contributed by atoms with van der Waals surface area (Å²) in [6.07, 6.45) is 13.4. The third-order valence-electron chi connectivity index (χ3n) is 10.9. The maximum absolute atomic E-state index is 11.1. The van der Waals surface area contributed by atoms with E-state index in [1.54, 1.807) is 16.7 Å². The Balaban J connectivity index is 1.61. The first kappa shape index (κ1) is 24.5. The van der Waals surface area contributed by atoms with Gasteiger partial charge in [-0.25, -0.2) is 0 Å². The minimum atomic E-state index is -0.400. The third-order valence-corrected chi connectivity index (χ3v) is 10.9. The van der Waals surface area contributed by atoms with Gasteiger partial charge in [-0.1, -0.05) is 79.4 Å². The lowest BCUT2D eigenvalue weighted by Gasteiger charge is -2.61. The third kappa shape index (κ3) is 3.67. The van der Waals surface area contributed by atoms with Gasteiger partial charge >= 0.3 is 0 Å². The number of allylic oxidation sites excluding steroid dienone is 4. The summed E-state index contributed by atoms with van der Waals surface area (Å²) in [6.45, 7) is 16.9. The van der Waals surface area contributed by atoms with Crippen molar-refractivity contribution in [3.05, 3.63) is 22.8 Å². The highest BCUT2D eigenvalue weighted by Gasteiger charge is 2.59. The average Bonchev–Trinajstić information content (AvgIpc) is 3.08. The maximum Gasteiger partial charge on any atom is 0.0644 e. The van der Waals surface area contributed by atoms with Crippen LogP contribution in [-0.2, 0) is 0 Å². The van der Waals surface area contributed by atoms with Crippen molar-refractivity contribution in [1.29, 1.82) is 0 Å². The van der Waals surface area contributed by atoms with Crippen molar-refractivity contribution >= 4 is 0 Å². The van der Waals surface area contributed by atoms with E-state index in [1.807, 2.05) is 0 Å². The van der Waals surface area contributed by atoms with E-state index < -0.39 is 6.10 Å². The second-order valence-electron chi connectivity index (χ2n) is 13.6. The normalized spacial score (nSPS) is 41.8. The number of aliphatic hydroxyl groups excluding tert-OH is 2. The summed E-state index contributed by atoms with van der Waals surface area (Å²) >= 11 is 0. The molecule has 0 unspecified atom stereocenters. The standard InChI is InChI=1S/C30H50O2/c1-19(2)9-8-10-20(3)23-12-13-24-22-11-14-26-28(4,5)27(32)21(18-31)17-30(26,7)25(22)15-16-29(23,24)6/h13,19-21,23,26-27,31-32H,8-12,14-18H2,1-7H3/t20-,21+,23-,26+,27-,29-,30-/m1/s1. The molecule has 0 heterocycles. The fraction of sp³-hybridized carbons (Fsp3) is 0.867. The molecule has 2 N–H and O–H groups in total. The molecule has 1 saturated carbocycles. The zero-order chi connectivity index (χ0) is 23.5. The van der Waals surface area contributed by atoms with Gasteiger partial charge in [0, 0.05) is 12.5 Å². The summed E-state index contributed by atoms with van der Waals surface area (Å²) in [7, 11) is 0. The fourth-order valence-electron chi connectivity index (χ4n) is 9.16. The van der Waals surface area contributed by atoms with Gasteiger partial charge in [0.2, 0.25) is 0 Å². The van der Waals surface area contributed by atoms with Gasteiger partial charge in [-0.15, -0.1) is 0 Å². The van der Waals surface area contributed by atoms with Gasteiger partial charge in [0.05, 0.1) is 6.10 Å². The van der Waals surface area contributed by atoms with Crippen LogP contribution in [0.4, 0.5) is 0 Å². The predicted octanol–water partition coefficient (Wildman–Crippen LogP) is 7.31. The van der Waals surface area contributed by atoms with Crippen molar-refractivity contribution < 1.29 is 10.2 Å². The summed E-state index contributed by atoms with van der Waals surface area (Å²) in [5.41, 5.74) is 5.41. The van der Waals surface area contributed by atoms with Gasteiger partial charge in [-0.3, -0.25) is 0 Å². The van der Waals surface area contributed by atoms with E-state index in [2.05, 4.69) is 54.5 Å². The highest BCUT2D eigenvalue weighted by atomic mass is 16.3. The molecular formula is C30H50O2. The van der Waals surface area contributed by atoms with Gasteiger partial charge in [0.25, 0.3) is 0 Å². The molecule has 0 aromatic heterocycles. The number of hydrogen-bond acceptors (Lipinski definition) is 2. The van der Waals surface area contributed by atoms with E-state index in [0.29, 0.717) is 11.3 Å². The molecule has 4 aliphatic rings. The van der Waals surface area contributed by atoms with Crippen LogP contribution in [0.5, 0.6) is 0 Å². The molecule has 0 bridgehead atoms. The van der Waals surface area contributed by atoms with Crippen LogP contribution in [0.2, 0.25) is 0 Å². The molecule has 7 atom stereocenters. The quantitative estimate of drug-likeness (QED) is 0.453. The Labute approximate surface area is 198 Å². The molecule has 0 aromatic carbocycles. The molecule has 182 valence electrons. The molecule has 0 aliphatic heterocycles. The van der Waals surface area contributed by atoms with E-state index in [4.69, 9.17) is 0 Å². The highest BCUT2D eigenvalue weighted by molar-refractivity contribution is 5.50. The molecule has 0 radical (unpaired) electrons. The summed E-state index contributed by atoms with van der Waals surface area (Å²) in [5, 5.41) is 21.1. The van der Waals surface area contributed by atoms with Gasteiger partial charge < -0.3 is 10.2 Å². The van der Waals surface area contributed by atoms with Crippen molar-refractivity contribution in [2.24, 2.45) is 45.8 Å². The Morgan fingerprint density at radius 3 is 2.41 bits per heavy atom. The molecule has 0 amide bonds. The summed E-state index contributed by atoms with van der Waals surface area (Å²) < 4.78 is 0. The van der Waals surface area contributed by atoms with Crippen LogP contribution >= 0.6 is 0 Å². The number of hydrogen-bond donors (Lipinski definition) is 2. The lowest BCUT2D eigenvalue weighted by molar-refractivity contribution is -0.135. The summed E-state index contributed by atoms with van der Waals surface area (Å²) in [5.74, 6) is 2.90. The van der Waals surface area contributed by atoms with E-state index in [9.17, 15) is 10.2 Å². The van der Waals surface area contributed by atoms with Crippen molar-refractivity contribution in [3.8, 4) is 0 Å². The van der Waals surface area contributed by atoms with E-state index in [1.165, 1.54) is 51.4 Å². The summed E-state index contributed by atoms with van der Waals surface area (Å²) in [4.78, 5) is 0. The van der Waals surface area contributed by atoms with Crippen LogP contribution < -0.4 is 0 Å². The lowest BCUT2D eigenvalue weighted by Crippen LogP contribution is -2.57. The average molecular weight is 443 g/mol. The zero-order valence-corrected chi connectivity index (χ0v) is 22.0. The first-order valence-corrected chi connectivity index (χ1v) is 13.7. The smallest absolute Gasteiger partial charge is 0.0644 e. The number of aliphatic hydroxyl groups is 2. The molecule has 0 spiro atoms. The molecular weight excluding hydrogens is 392 g/mol. The second-order valence-corrected chi connectivity index (χ2v) is 13.6. The first-order chi connectivity index (χ1) is 15.0. The molecule has 4 rings (SSSR count). The molecule has 0 saturated heterocycles. The topological polar surface area (TPSA) is 40.5 Å². The van der Waals surface area contributed by atoms with Gasteiger partial charge in [-0.05, 0) is 89.6 Å². The Kier molecular flexibility index (Phi) is 6.56. The molecule has 4 aliphatic carbocycles. The number of rotatable bonds is 6. The SMILES string of the molecule is CC(C)CCC[C@@H](C)[C@H]1CC=C2C3=C(CC[C@@]21C)[C@@]1(C)C[C@@H](CO)[C@@H](O)C(C)(C)[C@@H]1CC3. The van der Waals surface area contributed by atoms with Crippen LogP contribution in [0.15, 0.2) is 22.8 Å². The van der Waals surface area contributed by atoms with Crippen molar-refractivity contribution in [3.63, 3.8) is 0 Å². The van der Waals surface area contributed by atoms with Gasteiger partial charge in [-0.2, -0.15) is 0 Å². The molecule has 1 fully saturated rings. The molecule has 2 heteroatoms. The van der Waals surface area contributed by atoms with Crippen LogP contribution in [0.25, 0.3) is 0 Å². The Morgan fingerprint density at radius 1 is 1.03 bits per heavy atom. The Hall–Kier alpha value is -0.600. The van der Waals surface area contributed by atoms with Crippen LogP contribution in [-0.4, -0.2) is 22.9 Å². The number of fused-ring (bicyclic) bond motifs is 4. The van der Waals surface area contributed by atoms with Crippen LogP contribution in [0.1, 0.15) is 106 Å². The summed E-state index contributed by atoms with van der Waals surface area (Å²) in [6, 6.07) is 0. The van der Waals surface area contributed by atoms with Crippen molar-refractivity contribution in [2.75, 3.05) is 6.61 Å². The highest BCUT2D eigenvalue weighted by Crippen LogP contribution is 2.67. The van der Waals surface area contributed by atoms with Crippen LogP contribution in [0.3, 0.4) is 0 Å². The lowest BCUT2D eigenvalue weighted by atomic mass is 9.44. The second kappa shape index (κ2) is 8.56. The predicted molar refractivity (Wildman–Crippen MR) is 134 cm³/mol. The minimum absolute atomic E-state index is 0.00213. The Bertz CT molecular complexity index is 774. The van der Waals surface area contributed by atoms with E-state index >= 15 is 0 Å². The maximum atomic E-state index is 11.1. The van der Waals surface area contributed by atoms with E-state index in [0.717, 1.165) is 24.2 Å². The van der Waals surface area contributed by atoms with Crippen LogP contribution in [0, 0.1) is 45.8 Å².